The summed E-state index contributed by atoms with van der Waals surface area (Å²) in [5.41, 5.74) is 1.29. The molecule has 0 heterocycles. The molecule has 0 saturated carbocycles. The number of hydrogen-bond acceptors (Lipinski definition) is 4. The van der Waals surface area contributed by atoms with Crippen molar-refractivity contribution in [1.82, 2.24) is 5.32 Å². The van der Waals surface area contributed by atoms with Crippen LogP contribution in [0.25, 0.3) is 0 Å². The molecule has 0 aliphatic carbocycles. The summed E-state index contributed by atoms with van der Waals surface area (Å²) in [6, 6.07) is 10.3. The lowest BCUT2D eigenvalue weighted by molar-refractivity contribution is -0.137. The smallest absolute Gasteiger partial charge is 0.305 e. The second-order valence-electron chi connectivity index (χ2n) is 6.49. The molecule has 0 aliphatic heterocycles. The molecule has 0 spiro atoms. The largest absolute Gasteiger partial charge is 0.493 e. The maximum absolute atomic E-state index is 13.4. The Labute approximate surface area is 163 Å². The number of ether oxygens (including phenoxy) is 2. The van der Waals surface area contributed by atoms with Crippen LogP contribution in [0.5, 0.6) is 11.5 Å². The first-order valence-electron chi connectivity index (χ1n) is 8.82. The molecule has 2 rings (SSSR count). The van der Waals surface area contributed by atoms with Gasteiger partial charge in [0.15, 0.2) is 11.5 Å². The first-order chi connectivity index (χ1) is 13.3. The third-order valence-corrected chi connectivity index (χ3v) is 4.43. The van der Waals surface area contributed by atoms with Gasteiger partial charge in [0.2, 0.25) is 5.91 Å². The molecule has 0 radical (unpaired) electrons. The van der Waals surface area contributed by atoms with E-state index in [1.807, 2.05) is 6.92 Å². The predicted octanol–water partition coefficient (Wildman–Crippen LogP) is 3.67. The monoisotopic (exact) mass is 389 g/mol. The number of methoxy groups -OCH3 is 2. The van der Waals surface area contributed by atoms with Crippen molar-refractivity contribution in [3.63, 3.8) is 0 Å². The summed E-state index contributed by atoms with van der Waals surface area (Å²) in [6.45, 7) is 1.82. The fourth-order valence-electron chi connectivity index (χ4n) is 2.96. The van der Waals surface area contributed by atoms with E-state index in [1.165, 1.54) is 26.4 Å². The Hall–Kier alpha value is -3.09. The Kier molecular flexibility index (Phi) is 7.37. The van der Waals surface area contributed by atoms with Crippen molar-refractivity contribution < 1.29 is 28.6 Å². The van der Waals surface area contributed by atoms with Crippen molar-refractivity contribution >= 4 is 11.9 Å². The number of halogens is 1. The second-order valence-corrected chi connectivity index (χ2v) is 6.49. The molecule has 6 nitrogen and oxygen atoms in total. The number of nitrogens with one attached hydrogen (secondary N) is 1. The van der Waals surface area contributed by atoms with Gasteiger partial charge in [-0.25, -0.2) is 4.39 Å². The lowest BCUT2D eigenvalue weighted by Gasteiger charge is -2.20. The highest BCUT2D eigenvalue weighted by atomic mass is 19.1. The lowest BCUT2D eigenvalue weighted by atomic mass is 9.96. The van der Waals surface area contributed by atoms with Crippen LogP contribution in [0.4, 0.5) is 4.39 Å². The molecule has 2 aromatic carbocycles. The SMILES string of the molecule is COc1ccc(C(CC(=O)O)NC(=O)CC(C)c2cccc(F)c2)cc1OC. The van der Waals surface area contributed by atoms with E-state index in [0.29, 0.717) is 22.6 Å². The van der Waals surface area contributed by atoms with Crippen molar-refractivity contribution in [2.45, 2.75) is 31.7 Å². The topological polar surface area (TPSA) is 84.9 Å². The molecule has 7 heteroatoms. The Balaban J connectivity index is 2.15. The summed E-state index contributed by atoms with van der Waals surface area (Å²) >= 11 is 0. The number of aliphatic carboxylic acids is 1. The lowest BCUT2D eigenvalue weighted by Crippen LogP contribution is -2.31. The van der Waals surface area contributed by atoms with Crippen LogP contribution in [0.15, 0.2) is 42.5 Å². The molecule has 0 aromatic heterocycles. The summed E-state index contributed by atoms with van der Waals surface area (Å²) in [5.74, 6) is -0.995. The van der Waals surface area contributed by atoms with Crippen LogP contribution in [0.2, 0.25) is 0 Å². The van der Waals surface area contributed by atoms with E-state index >= 15 is 0 Å². The van der Waals surface area contributed by atoms with Gasteiger partial charge in [-0.15, -0.1) is 0 Å². The second kappa shape index (κ2) is 9.73. The summed E-state index contributed by atoms with van der Waals surface area (Å²) in [5, 5.41) is 12.0. The molecule has 2 unspecified atom stereocenters. The van der Waals surface area contributed by atoms with E-state index in [-0.39, 0.29) is 30.5 Å². The maximum Gasteiger partial charge on any atom is 0.305 e. The standard InChI is InChI=1S/C21H24FNO5/c1-13(14-5-4-6-16(22)10-14)9-20(24)23-17(12-21(25)26)15-7-8-18(27-2)19(11-15)28-3/h4-8,10-11,13,17H,9,12H2,1-3H3,(H,23,24)(H,25,26). The van der Waals surface area contributed by atoms with Gasteiger partial charge in [0.1, 0.15) is 5.82 Å². The van der Waals surface area contributed by atoms with Crippen LogP contribution in [0, 0.1) is 5.82 Å². The Morgan fingerprint density at radius 1 is 1.04 bits per heavy atom. The zero-order valence-electron chi connectivity index (χ0n) is 16.1. The van der Waals surface area contributed by atoms with E-state index in [9.17, 15) is 19.1 Å². The zero-order chi connectivity index (χ0) is 20.7. The normalized spacial score (nSPS) is 12.7. The number of carboxylic acid groups (broad SMARTS) is 1. The van der Waals surface area contributed by atoms with Gasteiger partial charge in [-0.3, -0.25) is 9.59 Å². The molecule has 28 heavy (non-hydrogen) atoms. The van der Waals surface area contributed by atoms with Crippen molar-refractivity contribution in [2.75, 3.05) is 14.2 Å². The number of carbonyl (C=O) groups is 2. The fourth-order valence-corrected chi connectivity index (χ4v) is 2.96. The average Bonchev–Trinajstić information content (AvgIpc) is 2.66. The van der Waals surface area contributed by atoms with Crippen molar-refractivity contribution in [3.8, 4) is 11.5 Å². The fraction of sp³-hybridized carbons (Fsp3) is 0.333. The molecular formula is C21H24FNO5. The quantitative estimate of drug-likeness (QED) is 0.684. The van der Waals surface area contributed by atoms with E-state index in [4.69, 9.17) is 9.47 Å². The van der Waals surface area contributed by atoms with Crippen molar-refractivity contribution in [1.29, 1.82) is 0 Å². The molecule has 0 bridgehead atoms. The number of hydrogen-bond donors (Lipinski definition) is 2. The summed E-state index contributed by atoms with van der Waals surface area (Å²) in [7, 11) is 2.98. The number of benzene rings is 2. The van der Waals surface area contributed by atoms with Crippen LogP contribution < -0.4 is 14.8 Å². The highest BCUT2D eigenvalue weighted by molar-refractivity contribution is 5.78. The summed E-state index contributed by atoms with van der Waals surface area (Å²) < 4.78 is 23.8. The van der Waals surface area contributed by atoms with Gasteiger partial charge < -0.3 is 19.9 Å². The van der Waals surface area contributed by atoms with Gasteiger partial charge in [0.25, 0.3) is 0 Å². The third kappa shape index (κ3) is 5.70. The number of carbonyl (C=O) groups excluding carboxylic acids is 1. The van der Waals surface area contributed by atoms with Gasteiger partial charge in [0.05, 0.1) is 26.7 Å². The molecule has 2 atom stereocenters. The number of rotatable bonds is 9. The number of carboxylic acids is 1. The zero-order valence-corrected chi connectivity index (χ0v) is 16.1. The first kappa shape index (κ1) is 21.2. The van der Waals surface area contributed by atoms with Crippen LogP contribution in [-0.2, 0) is 9.59 Å². The minimum atomic E-state index is -1.04. The molecule has 0 saturated heterocycles. The highest BCUT2D eigenvalue weighted by Gasteiger charge is 2.21. The van der Waals surface area contributed by atoms with Gasteiger partial charge in [-0.05, 0) is 41.3 Å². The van der Waals surface area contributed by atoms with Crippen molar-refractivity contribution in [2.24, 2.45) is 0 Å². The van der Waals surface area contributed by atoms with Crippen LogP contribution in [0.1, 0.15) is 42.9 Å². The Morgan fingerprint density at radius 3 is 2.36 bits per heavy atom. The molecule has 0 fully saturated rings. The molecular weight excluding hydrogens is 365 g/mol. The maximum atomic E-state index is 13.4. The molecule has 2 N–H and O–H groups in total. The Bertz CT molecular complexity index is 839. The average molecular weight is 389 g/mol. The van der Waals surface area contributed by atoms with Crippen LogP contribution >= 0.6 is 0 Å². The number of amides is 1. The van der Waals surface area contributed by atoms with E-state index in [2.05, 4.69) is 5.32 Å². The van der Waals surface area contributed by atoms with Crippen LogP contribution in [0.3, 0.4) is 0 Å². The molecule has 1 amide bonds. The van der Waals surface area contributed by atoms with E-state index in [0.717, 1.165) is 0 Å². The van der Waals surface area contributed by atoms with Crippen molar-refractivity contribution in [3.05, 3.63) is 59.4 Å². The third-order valence-electron chi connectivity index (χ3n) is 4.43. The molecule has 0 aliphatic rings. The molecule has 150 valence electrons. The minimum absolute atomic E-state index is 0.104. The van der Waals surface area contributed by atoms with Gasteiger partial charge >= 0.3 is 5.97 Å². The Morgan fingerprint density at radius 2 is 1.75 bits per heavy atom. The van der Waals surface area contributed by atoms with Gasteiger partial charge in [0, 0.05) is 6.42 Å². The van der Waals surface area contributed by atoms with E-state index < -0.39 is 12.0 Å². The van der Waals surface area contributed by atoms with Gasteiger partial charge in [-0.2, -0.15) is 0 Å². The van der Waals surface area contributed by atoms with E-state index in [1.54, 1.807) is 30.3 Å². The van der Waals surface area contributed by atoms with Gasteiger partial charge in [-0.1, -0.05) is 25.1 Å². The minimum Gasteiger partial charge on any atom is -0.493 e. The summed E-state index contributed by atoms with van der Waals surface area (Å²) in [4.78, 5) is 23.8. The molecule has 2 aromatic rings. The van der Waals surface area contributed by atoms with Crippen LogP contribution in [-0.4, -0.2) is 31.2 Å². The first-order valence-corrected chi connectivity index (χ1v) is 8.82. The highest BCUT2D eigenvalue weighted by Crippen LogP contribution is 2.31. The summed E-state index contributed by atoms with van der Waals surface area (Å²) in [6.07, 6.45) is -0.178. The predicted molar refractivity (Wildman–Crippen MR) is 102 cm³/mol.